The summed E-state index contributed by atoms with van der Waals surface area (Å²) in [5.41, 5.74) is 7.71. The molecule has 5 aromatic rings. The first-order chi connectivity index (χ1) is 15.2. The fourth-order valence-electron chi connectivity index (χ4n) is 5.31. The molecular formula is C28H27N2O+. The van der Waals surface area contributed by atoms with Gasteiger partial charge >= 0.3 is 0 Å². The molecule has 0 N–H and O–H groups in total. The number of para-hydroxylation sites is 1. The number of aromatic nitrogens is 2. The third-order valence-electron chi connectivity index (χ3n) is 7.05. The molecule has 1 saturated carbocycles. The predicted molar refractivity (Wildman–Crippen MR) is 126 cm³/mol. The van der Waals surface area contributed by atoms with Crippen LogP contribution in [0.5, 0.6) is 0 Å². The van der Waals surface area contributed by atoms with E-state index in [-0.39, 0.29) is 0 Å². The average Bonchev–Trinajstić information content (AvgIpc) is 3.16. The van der Waals surface area contributed by atoms with Crippen molar-refractivity contribution in [3.63, 3.8) is 0 Å². The van der Waals surface area contributed by atoms with Crippen molar-refractivity contribution in [3.05, 3.63) is 71.9 Å². The summed E-state index contributed by atoms with van der Waals surface area (Å²) in [5.74, 6) is 0.677. The smallest absolute Gasteiger partial charge is 0.227 e. The summed E-state index contributed by atoms with van der Waals surface area (Å²) in [4.78, 5) is 4.82. The van der Waals surface area contributed by atoms with E-state index in [1.807, 2.05) is 12.1 Å². The van der Waals surface area contributed by atoms with Crippen LogP contribution in [0.15, 0.2) is 65.2 Å². The number of nitrogens with zero attached hydrogens (tertiary/aromatic N) is 2. The Bertz CT molecular complexity index is 1440. The van der Waals surface area contributed by atoms with Crippen LogP contribution in [0.25, 0.3) is 44.2 Å². The van der Waals surface area contributed by atoms with Crippen LogP contribution in [0, 0.1) is 6.92 Å². The van der Waals surface area contributed by atoms with Crippen LogP contribution < -0.4 is 4.57 Å². The Hall–Kier alpha value is -3.20. The molecule has 0 unspecified atom stereocenters. The van der Waals surface area contributed by atoms with Crippen molar-refractivity contribution in [2.24, 2.45) is 7.05 Å². The second-order valence-corrected chi connectivity index (χ2v) is 9.06. The molecule has 154 valence electrons. The highest BCUT2D eigenvalue weighted by molar-refractivity contribution is 6.11. The van der Waals surface area contributed by atoms with Gasteiger partial charge in [-0.1, -0.05) is 49.6 Å². The largest absolute Gasteiger partial charge is 0.437 e. The van der Waals surface area contributed by atoms with Crippen LogP contribution in [0.1, 0.15) is 49.1 Å². The number of hydrogen-bond acceptors (Lipinski definition) is 2. The summed E-state index contributed by atoms with van der Waals surface area (Å²) in [6.07, 6.45) is 8.89. The quantitative estimate of drug-likeness (QED) is 0.295. The summed E-state index contributed by atoms with van der Waals surface area (Å²) in [5, 5.41) is 3.36. The summed E-state index contributed by atoms with van der Waals surface area (Å²) >= 11 is 0. The van der Waals surface area contributed by atoms with Crippen molar-refractivity contribution >= 4 is 33.0 Å². The fraction of sp³-hybridized carbons (Fsp3) is 0.286. The van der Waals surface area contributed by atoms with E-state index in [0.29, 0.717) is 11.6 Å². The number of hydrogen-bond donors (Lipinski definition) is 0. The number of rotatable bonds is 2. The standard InChI is InChI=1S/C28H27N2O/c1-18-12-13-22-23-16-21-10-6-7-11-24(21)29-28(23)31-27(22)26(18)25-17-20(14-15-30(25)2)19-8-4-3-5-9-19/h6-7,10-17,19H,3-5,8-9H2,1-2H3/q+1. The molecule has 0 bridgehead atoms. The lowest BCUT2D eigenvalue weighted by Crippen LogP contribution is -2.31. The van der Waals surface area contributed by atoms with Gasteiger partial charge in [-0.2, -0.15) is 0 Å². The van der Waals surface area contributed by atoms with E-state index in [1.165, 1.54) is 54.5 Å². The molecule has 3 heterocycles. The highest BCUT2D eigenvalue weighted by Gasteiger charge is 2.24. The molecule has 3 nitrogen and oxygen atoms in total. The van der Waals surface area contributed by atoms with E-state index in [1.54, 1.807) is 0 Å². The van der Waals surface area contributed by atoms with E-state index in [2.05, 4.69) is 67.2 Å². The van der Waals surface area contributed by atoms with Crippen LogP contribution in [0.3, 0.4) is 0 Å². The van der Waals surface area contributed by atoms with Crippen molar-refractivity contribution in [2.75, 3.05) is 0 Å². The number of furan rings is 1. The summed E-state index contributed by atoms with van der Waals surface area (Å²) in [7, 11) is 2.13. The molecule has 3 aromatic heterocycles. The molecule has 0 amide bonds. The van der Waals surface area contributed by atoms with Gasteiger partial charge < -0.3 is 4.42 Å². The number of fused-ring (bicyclic) bond motifs is 4. The first-order valence-electron chi connectivity index (χ1n) is 11.4. The van der Waals surface area contributed by atoms with Crippen LogP contribution >= 0.6 is 0 Å². The fourth-order valence-corrected chi connectivity index (χ4v) is 5.31. The van der Waals surface area contributed by atoms with Crippen LogP contribution in [0.4, 0.5) is 0 Å². The Morgan fingerprint density at radius 2 is 1.77 bits per heavy atom. The van der Waals surface area contributed by atoms with Gasteiger partial charge in [-0.15, -0.1) is 0 Å². The van der Waals surface area contributed by atoms with E-state index in [4.69, 9.17) is 9.40 Å². The molecule has 0 atom stereocenters. The van der Waals surface area contributed by atoms with Gasteiger partial charge in [0.2, 0.25) is 11.4 Å². The van der Waals surface area contributed by atoms with Crippen molar-refractivity contribution in [1.29, 1.82) is 0 Å². The topological polar surface area (TPSA) is 29.9 Å². The normalized spacial score (nSPS) is 15.3. The van der Waals surface area contributed by atoms with Crippen LogP contribution in [-0.4, -0.2) is 4.98 Å². The van der Waals surface area contributed by atoms with E-state index < -0.39 is 0 Å². The summed E-state index contributed by atoms with van der Waals surface area (Å²) < 4.78 is 8.67. The third-order valence-corrected chi connectivity index (χ3v) is 7.05. The van der Waals surface area contributed by atoms with Crippen molar-refractivity contribution in [3.8, 4) is 11.3 Å². The molecule has 1 fully saturated rings. The highest BCUT2D eigenvalue weighted by atomic mass is 16.3. The minimum Gasteiger partial charge on any atom is -0.437 e. The molecule has 0 radical (unpaired) electrons. The maximum atomic E-state index is 6.44. The Morgan fingerprint density at radius 1 is 0.935 bits per heavy atom. The lowest BCUT2D eigenvalue weighted by molar-refractivity contribution is -0.660. The molecule has 31 heavy (non-hydrogen) atoms. The van der Waals surface area contributed by atoms with Crippen LogP contribution in [0.2, 0.25) is 0 Å². The zero-order chi connectivity index (χ0) is 20.9. The van der Waals surface area contributed by atoms with Gasteiger partial charge in [0.1, 0.15) is 7.05 Å². The zero-order valence-corrected chi connectivity index (χ0v) is 18.2. The first kappa shape index (κ1) is 18.6. The van der Waals surface area contributed by atoms with Gasteiger partial charge in [0.15, 0.2) is 11.8 Å². The lowest BCUT2D eigenvalue weighted by Gasteiger charge is -2.21. The number of aryl methyl sites for hydroxylation is 2. The van der Waals surface area contributed by atoms with Gasteiger partial charge in [-0.3, -0.25) is 0 Å². The molecule has 2 aromatic carbocycles. The van der Waals surface area contributed by atoms with Gasteiger partial charge in [0.25, 0.3) is 0 Å². The van der Waals surface area contributed by atoms with Gasteiger partial charge in [0.05, 0.1) is 11.1 Å². The summed E-state index contributed by atoms with van der Waals surface area (Å²) in [6, 6.07) is 19.6. The SMILES string of the molecule is Cc1ccc2c(oc3nc4ccccc4cc32)c1-c1cc(C2CCCCC2)cc[n+]1C. The minimum atomic E-state index is 0.677. The van der Waals surface area contributed by atoms with Crippen LogP contribution in [-0.2, 0) is 7.05 Å². The average molecular weight is 408 g/mol. The molecule has 0 aliphatic heterocycles. The predicted octanol–water partition coefficient (Wildman–Crippen LogP) is 6.98. The molecule has 6 rings (SSSR count). The van der Waals surface area contributed by atoms with E-state index in [0.717, 1.165) is 27.3 Å². The second kappa shape index (κ2) is 7.19. The molecular weight excluding hydrogens is 380 g/mol. The maximum absolute atomic E-state index is 6.44. The zero-order valence-electron chi connectivity index (χ0n) is 18.2. The minimum absolute atomic E-state index is 0.677. The Balaban J connectivity index is 1.60. The highest BCUT2D eigenvalue weighted by Crippen LogP contribution is 2.39. The number of pyridine rings is 2. The molecule has 0 saturated heterocycles. The Kier molecular flexibility index (Phi) is 4.31. The summed E-state index contributed by atoms with van der Waals surface area (Å²) in [6.45, 7) is 2.18. The second-order valence-electron chi connectivity index (χ2n) is 9.06. The van der Waals surface area contributed by atoms with Gasteiger partial charge in [-0.05, 0) is 48.9 Å². The Labute approximate surface area is 182 Å². The molecule has 0 spiro atoms. The van der Waals surface area contributed by atoms with Gasteiger partial charge in [0, 0.05) is 28.3 Å². The molecule has 1 aliphatic carbocycles. The third kappa shape index (κ3) is 3.03. The Morgan fingerprint density at radius 3 is 2.65 bits per heavy atom. The van der Waals surface area contributed by atoms with E-state index >= 15 is 0 Å². The van der Waals surface area contributed by atoms with E-state index in [9.17, 15) is 0 Å². The first-order valence-corrected chi connectivity index (χ1v) is 11.4. The van der Waals surface area contributed by atoms with Gasteiger partial charge in [-0.25, -0.2) is 9.55 Å². The molecule has 1 aliphatic rings. The van der Waals surface area contributed by atoms with Crippen molar-refractivity contribution < 1.29 is 8.98 Å². The monoisotopic (exact) mass is 407 g/mol. The lowest BCUT2D eigenvalue weighted by atomic mass is 9.84. The molecule has 3 heteroatoms. The van der Waals surface area contributed by atoms with Crippen molar-refractivity contribution in [1.82, 2.24) is 4.98 Å². The number of benzene rings is 2. The van der Waals surface area contributed by atoms with Crippen molar-refractivity contribution in [2.45, 2.75) is 44.9 Å². The maximum Gasteiger partial charge on any atom is 0.227 e.